The van der Waals surface area contributed by atoms with Crippen molar-refractivity contribution in [3.05, 3.63) is 315 Å². The molecule has 1 aromatic heterocycles. The Hall–Kier alpha value is -11.8. The van der Waals surface area contributed by atoms with Gasteiger partial charge >= 0.3 is 0 Å². The van der Waals surface area contributed by atoms with Crippen molar-refractivity contribution < 1.29 is 0 Å². The Morgan fingerprint density at radius 1 is 0.231 bits per heavy atom. The summed E-state index contributed by atoms with van der Waals surface area (Å²) in [5, 5.41) is 20.3. The number of fused-ring (bicyclic) bond motifs is 10. The maximum atomic E-state index is 5.47. The van der Waals surface area contributed by atoms with Gasteiger partial charge in [0.1, 0.15) is 0 Å². The SMILES string of the molecule is c1ccc(-c2ccc(N3c4cc(-c5cc(-c6ccccc6)nc(-c6ccccc6)c5)cc5c4B(c4cc6c7cccc8cccc(c9cccc(c43)c96)c87)c3cc4c6cccc7cccc(c8cccc(c3N5c3ccc(-c5ccccc5)cc3)c84)c76)cc2)cc1. The first-order valence-corrected chi connectivity index (χ1v) is 31.6. The zero-order chi connectivity index (χ0) is 59.4. The molecule has 0 aliphatic carbocycles. The number of nitrogens with zero attached hydrogens (tertiary/aromatic N) is 3. The first-order valence-electron chi connectivity index (χ1n) is 31.6. The fourth-order valence-corrected chi connectivity index (χ4v) is 16.2. The summed E-state index contributed by atoms with van der Waals surface area (Å²) in [6, 6.07) is 118. The van der Waals surface area contributed by atoms with E-state index < -0.39 is 0 Å². The van der Waals surface area contributed by atoms with E-state index in [1.165, 1.54) is 136 Å². The fourth-order valence-electron chi connectivity index (χ4n) is 16.2. The third-order valence-electron chi connectivity index (χ3n) is 20.0. The third kappa shape index (κ3) is 7.36. The Bertz CT molecular complexity index is 5620. The van der Waals surface area contributed by atoms with E-state index in [4.69, 9.17) is 4.98 Å². The lowest BCUT2D eigenvalue weighted by molar-refractivity contribution is 1.27. The maximum absolute atomic E-state index is 5.47. The van der Waals surface area contributed by atoms with Gasteiger partial charge in [-0.05, 0) is 174 Å². The van der Waals surface area contributed by atoms with Gasteiger partial charge in [0.15, 0.2) is 0 Å². The summed E-state index contributed by atoms with van der Waals surface area (Å²) in [6.45, 7) is -0.220. The van der Waals surface area contributed by atoms with Gasteiger partial charge in [-0.2, -0.15) is 0 Å². The van der Waals surface area contributed by atoms with Crippen molar-refractivity contribution in [1.82, 2.24) is 4.98 Å². The quantitative estimate of drug-likeness (QED) is 0.0901. The zero-order valence-electron chi connectivity index (χ0n) is 49.4. The average Bonchev–Trinajstić information content (AvgIpc) is 0.698. The van der Waals surface area contributed by atoms with Gasteiger partial charge in [0.2, 0.25) is 0 Å². The molecule has 3 nitrogen and oxygen atoms in total. The molecule has 91 heavy (non-hydrogen) atoms. The smallest absolute Gasteiger partial charge is 0.252 e. The molecule has 20 rings (SSSR count). The molecule has 0 N–H and O–H groups in total. The highest BCUT2D eigenvalue weighted by atomic mass is 15.2. The van der Waals surface area contributed by atoms with Gasteiger partial charge in [-0.15, -0.1) is 0 Å². The van der Waals surface area contributed by atoms with Crippen LogP contribution in [0.3, 0.4) is 0 Å². The van der Waals surface area contributed by atoms with Crippen molar-refractivity contribution in [3.8, 4) is 55.9 Å². The number of hydrogen-bond acceptors (Lipinski definition) is 3. The van der Waals surface area contributed by atoms with Crippen molar-refractivity contribution >= 4 is 143 Å². The summed E-state index contributed by atoms with van der Waals surface area (Å²) in [5.41, 5.74) is 21.6. The molecule has 0 bridgehead atoms. The molecule has 0 saturated carbocycles. The lowest BCUT2D eigenvalue weighted by Gasteiger charge is -2.45. The Morgan fingerprint density at radius 3 is 0.945 bits per heavy atom. The Balaban J connectivity index is 0.975. The van der Waals surface area contributed by atoms with Crippen molar-refractivity contribution in [2.75, 3.05) is 9.80 Å². The van der Waals surface area contributed by atoms with E-state index in [1.54, 1.807) is 0 Å². The first-order chi connectivity index (χ1) is 45.1. The van der Waals surface area contributed by atoms with Gasteiger partial charge in [-0.3, -0.25) is 0 Å². The molecule has 0 amide bonds. The largest absolute Gasteiger partial charge is 0.311 e. The lowest BCUT2D eigenvalue weighted by Crippen LogP contribution is -2.61. The minimum absolute atomic E-state index is 0.220. The number of aromatic nitrogens is 1. The number of anilines is 6. The number of pyridine rings is 1. The Morgan fingerprint density at radius 2 is 0.549 bits per heavy atom. The van der Waals surface area contributed by atoms with Crippen LogP contribution in [0.5, 0.6) is 0 Å². The second kappa shape index (κ2) is 19.3. The van der Waals surface area contributed by atoms with Crippen LogP contribution in [0.2, 0.25) is 0 Å². The van der Waals surface area contributed by atoms with Gasteiger partial charge in [0, 0.05) is 56.0 Å². The molecule has 18 aromatic rings. The fraction of sp³-hybridized carbons (Fsp3) is 0. The molecule has 0 fully saturated rings. The average molecular weight is 1150 g/mol. The minimum Gasteiger partial charge on any atom is -0.311 e. The summed E-state index contributed by atoms with van der Waals surface area (Å²) in [6.07, 6.45) is 0. The van der Waals surface area contributed by atoms with Crippen molar-refractivity contribution in [2.45, 2.75) is 0 Å². The van der Waals surface area contributed by atoms with Crippen LogP contribution >= 0.6 is 0 Å². The standard InChI is InChI=1S/C87H52BN3/c1-5-19-53(20-6-1)55-39-43-63(44-40-55)90-79-49-62(61-47-77(57-23-9-3-10-24-57)89-78(48-61)58-25-11-4-12-26-58)50-80-85(79)88(75-51-73-69-33-15-29-59-27-13-31-65(81(59)69)67-35-17-37-71(83(67)73)86(75)90)76-52-74-70-34-16-30-60-28-14-32-66(82(60)70)68-36-18-38-72(84(68)74)87(76)91(80)64-45-41-56(42-46-64)54-21-7-2-8-22-54/h1-52H. The highest BCUT2D eigenvalue weighted by molar-refractivity contribution is 7.01. The molecule has 2 aliphatic rings. The lowest BCUT2D eigenvalue weighted by atomic mass is 9.33. The van der Waals surface area contributed by atoms with E-state index in [0.29, 0.717) is 0 Å². The molecule has 3 heterocycles. The van der Waals surface area contributed by atoms with E-state index in [9.17, 15) is 0 Å². The topological polar surface area (TPSA) is 19.4 Å². The zero-order valence-corrected chi connectivity index (χ0v) is 49.4. The van der Waals surface area contributed by atoms with E-state index in [-0.39, 0.29) is 6.71 Å². The monoisotopic (exact) mass is 1150 g/mol. The molecule has 418 valence electrons. The molecular formula is C87H52BN3. The third-order valence-corrected chi connectivity index (χ3v) is 20.0. The Kier molecular flexibility index (Phi) is 10.7. The predicted octanol–water partition coefficient (Wildman–Crippen LogP) is 21.6. The van der Waals surface area contributed by atoms with Gasteiger partial charge < -0.3 is 9.80 Å². The van der Waals surface area contributed by atoms with Crippen molar-refractivity contribution in [1.29, 1.82) is 0 Å². The van der Waals surface area contributed by atoms with Crippen LogP contribution in [0.15, 0.2) is 315 Å². The molecule has 4 heteroatoms. The van der Waals surface area contributed by atoms with E-state index in [0.717, 1.165) is 56.4 Å². The first kappa shape index (κ1) is 50.2. The van der Waals surface area contributed by atoms with Crippen LogP contribution in [0.25, 0.3) is 142 Å². The molecular weight excluding hydrogens is 1100 g/mol. The molecule has 0 spiro atoms. The van der Waals surface area contributed by atoms with E-state index in [2.05, 4.69) is 325 Å². The van der Waals surface area contributed by atoms with Crippen LogP contribution in [0, 0.1) is 0 Å². The molecule has 17 aromatic carbocycles. The molecule has 0 radical (unpaired) electrons. The molecule has 0 unspecified atom stereocenters. The molecule has 0 saturated heterocycles. The van der Waals surface area contributed by atoms with Crippen LogP contribution < -0.4 is 26.2 Å². The van der Waals surface area contributed by atoms with Crippen LogP contribution in [-0.2, 0) is 0 Å². The van der Waals surface area contributed by atoms with Gasteiger partial charge in [0.25, 0.3) is 6.71 Å². The van der Waals surface area contributed by atoms with Crippen LogP contribution in [0.4, 0.5) is 34.1 Å². The summed E-state index contributed by atoms with van der Waals surface area (Å²) < 4.78 is 0. The summed E-state index contributed by atoms with van der Waals surface area (Å²) in [4.78, 5) is 10.8. The highest BCUT2D eigenvalue weighted by Crippen LogP contribution is 2.54. The summed E-state index contributed by atoms with van der Waals surface area (Å²) in [7, 11) is 0. The summed E-state index contributed by atoms with van der Waals surface area (Å²) in [5.74, 6) is 0. The van der Waals surface area contributed by atoms with Crippen LogP contribution in [0.1, 0.15) is 0 Å². The highest BCUT2D eigenvalue weighted by Gasteiger charge is 2.46. The number of benzene rings is 17. The normalized spacial score (nSPS) is 12.8. The second-order valence-electron chi connectivity index (χ2n) is 24.8. The molecule has 0 atom stereocenters. The van der Waals surface area contributed by atoms with E-state index >= 15 is 0 Å². The van der Waals surface area contributed by atoms with Gasteiger partial charge in [0.05, 0.1) is 11.4 Å². The number of rotatable bonds is 7. The second-order valence-corrected chi connectivity index (χ2v) is 24.8. The van der Waals surface area contributed by atoms with Gasteiger partial charge in [-0.1, -0.05) is 267 Å². The predicted molar refractivity (Wildman–Crippen MR) is 388 cm³/mol. The molecule has 2 aliphatic heterocycles. The van der Waals surface area contributed by atoms with E-state index in [1.807, 2.05) is 0 Å². The Labute approximate surface area is 526 Å². The van der Waals surface area contributed by atoms with Crippen molar-refractivity contribution in [2.24, 2.45) is 0 Å². The summed E-state index contributed by atoms with van der Waals surface area (Å²) >= 11 is 0. The van der Waals surface area contributed by atoms with Crippen LogP contribution in [-0.4, -0.2) is 11.7 Å². The van der Waals surface area contributed by atoms with Crippen molar-refractivity contribution in [3.63, 3.8) is 0 Å². The number of hydrogen-bond donors (Lipinski definition) is 0. The minimum atomic E-state index is -0.220. The van der Waals surface area contributed by atoms with Gasteiger partial charge in [-0.25, -0.2) is 4.98 Å². The maximum Gasteiger partial charge on any atom is 0.252 e.